The zero-order valence-electron chi connectivity index (χ0n) is 11.3. The van der Waals surface area contributed by atoms with Gasteiger partial charge in [0.05, 0.1) is 5.52 Å². The molecule has 0 atom stereocenters. The molecule has 0 fully saturated rings. The molecule has 1 aromatic carbocycles. The average Bonchev–Trinajstić information content (AvgIpc) is 2.79. The molecule has 2 aromatic heterocycles. The summed E-state index contributed by atoms with van der Waals surface area (Å²) in [6.07, 6.45) is 1.73. The third-order valence-electron chi connectivity index (χ3n) is 3.05. The first kappa shape index (κ1) is 13.1. The molecular formula is C15H14BrN3O. The molecule has 0 radical (unpaired) electrons. The molecule has 5 heteroatoms. The summed E-state index contributed by atoms with van der Waals surface area (Å²) in [4.78, 5) is 11.9. The Bertz CT molecular complexity index is 767. The van der Waals surface area contributed by atoms with E-state index in [1.54, 1.807) is 6.20 Å². The Labute approximate surface area is 125 Å². The van der Waals surface area contributed by atoms with Crippen molar-refractivity contribution in [2.24, 2.45) is 0 Å². The summed E-state index contributed by atoms with van der Waals surface area (Å²) in [5, 5.41) is 0. The van der Waals surface area contributed by atoms with Gasteiger partial charge in [-0.15, -0.1) is 0 Å². The molecule has 0 unspecified atom stereocenters. The van der Waals surface area contributed by atoms with Gasteiger partial charge in [0.15, 0.2) is 5.65 Å². The van der Waals surface area contributed by atoms with Crippen LogP contribution in [-0.2, 0) is 6.61 Å². The highest BCUT2D eigenvalue weighted by molar-refractivity contribution is 9.10. The molecule has 0 aliphatic carbocycles. The number of imidazole rings is 1. The van der Waals surface area contributed by atoms with Crippen LogP contribution in [0.5, 0.6) is 5.75 Å². The number of rotatable bonds is 3. The number of aryl methyl sites for hydroxylation is 2. The number of halogens is 1. The molecule has 0 saturated heterocycles. The number of aromatic amines is 1. The van der Waals surface area contributed by atoms with Gasteiger partial charge in [-0.25, -0.2) is 9.97 Å². The zero-order chi connectivity index (χ0) is 14.1. The van der Waals surface area contributed by atoms with Gasteiger partial charge >= 0.3 is 0 Å². The van der Waals surface area contributed by atoms with E-state index in [2.05, 4.69) is 43.9 Å². The Morgan fingerprint density at radius 2 is 2.10 bits per heavy atom. The molecule has 1 N–H and O–H groups in total. The first-order valence-corrected chi connectivity index (χ1v) is 7.11. The maximum Gasteiger partial charge on any atom is 0.177 e. The van der Waals surface area contributed by atoms with Crippen LogP contribution < -0.4 is 4.74 Å². The second-order valence-electron chi connectivity index (χ2n) is 4.77. The molecule has 0 amide bonds. The highest BCUT2D eigenvalue weighted by Crippen LogP contribution is 2.20. The molecule has 0 spiro atoms. The Kier molecular flexibility index (Phi) is 3.44. The van der Waals surface area contributed by atoms with Crippen LogP contribution in [0.2, 0.25) is 0 Å². The molecular weight excluding hydrogens is 318 g/mol. The first-order valence-electron chi connectivity index (χ1n) is 6.32. The van der Waals surface area contributed by atoms with Crippen molar-refractivity contribution < 1.29 is 4.74 Å². The first-order chi connectivity index (χ1) is 9.61. The van der Waals surface area contributed by atoms with Crippen molar-refractivity contribution in [3.05, 3.63) is 51.9 Å². The van der Waals surface area contributed by atoms with Gasteiger partial charge in [-0.3, -0.25) is 0 Å². The molecule has 102 valence electrons. The van der Waals surface area contributed by atoms with Crippen molar-refractivity contribution in [1.82, 2.24) is 15.0 Å². The largest absolute Gasteiger partial charge is 0.485 e. The molecule has 3 rings (SSSR count). The minimum atomic E-state index is 0.401. The van der Waals surface area contributed by atoms with Crippen molar-refractivity contribution in [3.8, 4) is 5.75 Å². The van der Waals surface area contributed by atoms with Gasteiger partial charge in [0.25, 0.3) is 0 Å². The molecule has 20 heavy (non-hydrogen) atoms. The highest BCUT2D eigenvalue weighted by atomic mass is 79.9. The van der Waals surface area contributed by atoms with Crippen LogP contribution in [0.25, 0.3) is 11.2 Å². The number of hydrogen-bond acceptors (Lipinski definition) is 3. The van der Waals surface area contributed by atoms with Crippen LogP contribution in [0.15, 0.2) is 34.9 Å². The van der Waals surface area contributed by atoms with Gasteiger partial charge in [0.2, 0.25) is 0 Å². The SMILES string of the molecule is Cc1ccc(OCc2nc3ncc(Br)cc3[nH]2)c(C)c1. The van der Waals surface area contributed by atoms with Crippen LogP contribution in [0, 0.1) is 13.8 Å². The number of hydrogen-bond donors (Lipinski definition) is 1. The van der Waals surface area contributed by atoms with E-state index in [4.69, 9.17) is 4.74 Å². The molecule has 4 nitrogen and oxygen atoms in total. The Balaban J connectivity index is 1.79. The van der Waals surface area contributed by atoms with Crippen molar-refractivity contribution in [3.63, 3.8) is 0 Å². The summed E-state index contributed by atoms with van der Waals surface area (Å²) in [6.45, 7) is 4.51. The quantitative estimate of drug-likeness (QED) is 0.791. The maximum absolute atomic E-state index is 5.80. The number of ether oxygens (including phenoxy) is 1. The van der Waals surface area contributed by atoms with Gasteiger partial charge in [-0.1, -0.05) is 17.7 Å². The number of fused-ring (bicyclic) bond motifs is 1. The third-order valence-corrected chi connectivity index (χ3v) is 3.48. The summed E-state index contributed by atoms with van der Waals surface area (Å²) in [5.41, 5.74) is 3.96. The van der Waals surface area contributed by atoms with Crippen LogP contribution in [0.3, 0.4) is 0 Å². The van der Waals surface area contributed by atoms with E-state index < -0.39 is 0 Å². The lowest BCUT2D eigenvalue weighted by molar-refractivity contribution is 0.295. The zero-order valence-corrected chi connectivity index (χ0v) is 12.9. The topological polar surface area (TPSA) is 50.8 Å². The second-order valence-corrected chi connectivity index (χ2v) is 5.68. The van der Waals surface area contributed by atoms with Gasteiger partial charge in [0.1, 0.15) is 18.2 Å². The molecule has 2 heterocycles. The second kappa shape index (κ2) is 5.25. The monoisotopic (exact) mass is 331 g/mol. The summed E-state index contributed by atoms with van der Waals surface area (Å²) in [6, 6.07) is 8.09. The Morgan fingerprint density at radius 3 is 2.90 bits per heavy atom. The van der Waals surface area contributed by atoms with Gasteiger partial charge in [-0.2, -0.15) is 0 Å². The smallest absolute Gasteiger partial charge is 0.177 e. The number of nitrogens with one attached hydrogen (secondary N) is 1. The summed E-state index contributed by atoms with van der Waals surface area (Å²) in [5.74, 6) is 1.65. The fourth-order valence-electron chi connectivity index (χ4n) is 2.10. The van der Waals surface area contributed by atoms with Crippen LogP contribution in [0.4, 0.5) is 0 Å². The number of nitrogens with zero attached hydrogens (tertiary/aromatic N) is 2. The minimum absolute atomic E-state index is 0.401. The standard InChI is InChI=1S/C15H14BrN3O/c1-9-3-4-13(10(2)5-9)20-8-14-18-12-6-11(16)7-17-15(12)19-14/h3-7H,8H2,1-2H3,(H,17,18,19). The lowest BCUT2D eigenvalue weighted by Gasteiger charge is -2.08. The van der Waals surface area contributed by atoms with Crippen molar-refractivity contribution in [1.29, 1.82) is 0 Å². The number of aromatic nitrogens is 3. The van der Waals surface area contributed by atoms with Crippen molar-refractivity contribution in [2.45, 2.75) is 20.5 Å². The fourth-order valence-corrected chi connectivity index (χ4v) is 2.43. The van der Waals surface area contributed by atoms with E-state index >= 15 is 0 Å². The third kappa shape index (κ3) is 2.67. The van der Waals surface area contributed by atoms with Crippen LogP contribution >= 0.6 is 15.9 Å². The van der Waals surface area contributed by atoms with Gasteiger partial charge < -0.3 is 9.72 Å². The van der Waals surface area contributed by atoms with E-state index in [-0.39, 0.29) is 0 Å². The predicted octanol–water partition coefficient (Wildman–Crippen LogP) is 3.92. The molecule has 0 aliphatic rings. The van der Waals surface area contributed by atoms with E-state index in [1.807, 2.05) is 25.1 Å². The Morgan fingerprint density at radius 1 is 1.25 bits per heavy atom. The lowest BCUT2D eigenvalue weighted by Crippen LogP contribution is -1.99. The van der Waals surface area contributed by atoms with Gasteiger partial charge in [-0.05, 0) is 47.5 Å². The minimum Gasteiger partial charge on any atom is -0.485 e. The number of pyridine rings is 1. The Hall–Kier alpha value is -1.88. The summed E-state index contributed by atoms with van der Waals surface area (Å²) in [7, 11) is 0. The number of H-pyrrole nitrogens is 1. The van der Waals surface area contributed by atoms with Crippen LogP contribution in [-0.4, -0.2) is 15.0 Å². The maximum atomic E-state index is 5.80. The highest BCUT2D eigenvalue weighted by Gasteiger charge is 2.06. The van der Waals surface area contributed by atoms with E-state index in [0.29, 0.717) is 12.3 Å². The molecule has 0 aliphatic heterocycles. The molecule has 3 aromatic rings. The summed E-state index contributed by atoms with van der Waals surface area (Å²) < 4.78 is 6.73. The lowest BCUT2D eigenvalue weighted by atomic mass is 10.1. The number of benzene rings is 1. The fraction of sp³-hybridized carbons (Fsp3) is 0.200. The van der Waals surface area contributed by atoms with E-state index in [1.165, 1.54) is 5.56 Å². The van der Waals surface area contributed by atoms with E-state index in [9.17, 15) is 0 Å². The molecule has 0 saturated carbocycles. The average molecular weight is 332 g/mol. The van der Waals surface area contributed by atoms with Crippen LogP contribution in [0.1, 0.15) is 17.0 Å². The molecule has 0 bridgehead atoms. The van der Waals surface area contributed by atoms with Crippen molar-refractivity contribution in [2.75, 3.05) is 0 Å². The normalized spacial score (nSPS) is 10.9. The predicted molar refractivity (Wildman–Crippen MR) is 81.8 cm³/mol. The van der Waals surface area contributed by atoms with Gasteiger partial charge in [0, 0.05) is 10.7 Å². The van der Waals surface area contributed by atoms with Crippen molar-refractivity contribution >= 4 is 27.1 Å². The van der Waals surface area contributed by atoms with E-state index in [0.717, 1.165) is 27.1 Å². The summed E-state index contributed by atoms with van der Waals surface area (Å²) >= 11 is 3.39.